The first-order chi connectivity index (χ1) is 8.68. The number of hydrogen-bond donors (Lipinski definition) is 1. The van der Waals surface area contributed by atoms with Gasteiger partial charge in [0, 0.05) is 11.4 Å². The first-order valence-electron chi connectivity index (χ1n) is 6.25. The van der Waals surface area contributed by atoms with Gasteiger partial charge >= 0.3 is 5.97 Å². The van der Waals surface area contributed by atoms with E-state index in [-0.39, 0.29) is 17.9 Å². The summed E-state index contributed by atoms with van der Waals surface area (Å²) in [4.78, 5) is 26.2. The van der Waals surface area contributed by atoms with E-state index in [0.717, 1.165) is 19.4 Å². The SMILES string of the molecule is O=C(O)[C@@H]1C[C@H]1C(=O)N1CCC[C@@H]1c1cccs1. The zero-order chi connectivity index (χ0) is 12.7. The Morgan fingerprint density at radius 3 is 2.83 bits per heavy atom. The molecule has 1 aliphatic carbocycles. The number of carbonyl (C=O) groups is 2. The Bertz CT molecular complexity index is 471. The van der Waals surface area contributed by atoms with Crippen LogP contribution in [0.15, 0.2) is 17.5 Å². The van der Waals surface area contributed by atoms with Gasteiger partial charge in [0.1, 0.15) is 0 Å². The quantitative estimate of drug-likeness (QED) is 0.911. The zero-order valence-electron chi connectivity index (χ0n) is 9.91. The molecule has 3 atom stereocenters. The van der Waals surface area contributed by atoms with Gasteiger partial charge < -0.3 is 10.0 Å². The molecule has 1 saturated heterocycles. The van der Waals surface area contributed by atoms with E-state index in [0.29, 0.717) is 6.42 Å². The van der Waals surface area contributed by atoms with E-state index in [1.807, 2.05) is 16.3 Å². The van der Waals surface area contributed by atoms with Gasteiger partial charge in [-0.25, -0.2) is 0 Å². The Balaban J connectivity index is 1.72. The van der Waals surface area contributed by atoms with Crippen molar-refractivity contribution < 1.29 is 14.7 Å². The van der Waals surface area contributed by atoms with Gasteiger partial charge in [0.05, 0.1) is 17.9 Å². The van der Waals surface area contributed by atoms with Crippen molar-refractivity contribution in [2.24, 2.45) is 11.8 Å². The Kier molecular flexibility index (Phi) is 2.86. The molecule has 3 rings (SSSR count). The molecule has 1 N–H and O–H groups in total. The topological polar surface area (TPSA) is 57.6 Å². The molecule has 2 fully saturated rings. The second kappa shape index (κ2) is 4.39. The van der Waals surface area contributed by atoms with Crippen LogP contribution in [0.5, 0.6) is 0 Å². The number of carboxylic acid groups (broad SMARTS) is 1. The number of nitrogens with zero attached hydrogens (tertiary/aromatic N) is 1. The van der Waals surface area contributed by atoms with E-state index in [1.54, 1.807) is 11.3 Å². The van der Waals surface area contributed by atoms with Gasteiger partial charge in [-0.1, -0.05) is 6.07 Å². The molecule has 5 heteroatoms. The molecule has 96 valence electrons. The summed E-state index contributed by atoms with van der Waals surface area (Å²) >= 11 is 1.67. The summed E-state index contributed by atoms with van der Waals surface area (Å²) < 4.78 is 0. The number of likely N-dealkylation sites (tertiary alicyclic amines) is 1. The number of thiophene rings is 1. The lowest BCUT2D eigenvalue weighted by Gasteiger charge is -2.24. The largest absolute Gasteiger partial charge is 0.481 e. The molecular formula is C13H15NO3S. The fraction of sp³-hybridized carbons (Fsp3) is 0.538. The average molecular weight is 265 g/mol. The highest BCUT2D eigenvalue weighted by atomic mass is 32.1. The molecular weight excluding hydrogens is 250 g/mol. The fourth-order valence-corrected chi connectivity index (χ4v) is 3.63. The molecule has 0 aromatic carbocycles. The number of carbonyl (C=O) groups excluding carboxylic acids is 1. The summed E-state index contributed by atoms with van der Waals surface area (Å²) in [7, 11) is 0. The van der Waals surface area contributed by atoms with Crippen molar-refractivity contribution in [3.05, 3.63) is 22.4 Å². The van der Waals surface area contributed by atoms with Crippen molar-refractivity contribution in [3.8, 4) is 0 Å². The summed E-state index contributed by atoms with van der Waals surface area (Å²) in [5.41, 5.74) is 0. The molecule has 1 amide bonds. The predicted molar refractivity (Wildman–Crippen MR) is 67.2 cm³/mol. The van der Waals surface area contributed by atoms with Crippen LogP contribution >= 0.6 is 11.3 Å². The van der Waals surface area contributed by atoms with Crippen LogP contribution < -0.4 is 0 Å². The molecule has 0 unspecified atom stereocenters. The number of rotatable bonds is 3. The van der Waals surface area contributed by atoms with Crippen LogP contribution in [-0.4, -0.2) is 28.4 Å². The van der Waals surface area contributed by atoms with Gasteiger partial charge in [0.15, 0.2) is 0 Å². The predicted octanol–water partition coefficient (Wildman–Crippen LogP) is 2.13. The van der Waals surface area contributed by atoms with Crippen LogP contribution in [0.1, 0.15) is 30.2 Å². The van der Waals surface area contributed by atoms with E-state index in [1.165, 1.54) is 4.88 Å². The Morgan fingerprint density at radius 1 is 1.39 bits per heavy atom. The van der Waals surface area contributed by atoms with Gasteiger partial charge in [-0.05, 0) is 30.7 Å². The Hall–Kier alpha value is -1.36. The van der Waals surface area contributed by atoms with E-state index in [4.69, 9.17) is 5.11 Å². The normalized spacial score (nSPS) is 30.4. The maximum atomic E-state index is 12.3. The van der Waals surface area contributed by atoms with Crippen LogP contribution in [0.2, 0.25) is 0 Å². The summed E-state index contributed by atoms with van der Waals surface area (Å²) in [6, 6.07) is 4.23. The number of aliphatic carboxylic acids is 1. The van der Waals surface area contributed by atoms with Gasteiger partial charge in [0.2, 0.25) is 5.91 Å². The minimum Gasteiger partial charge on any atom is -0.481 e. The molecule has 1 aromatic rings. The second-order valence-corrected chi connectivity index (χ2v) is 5.97. The summed E-state index contributed by atoms with van der Waals surface area (Å²) in [6.45, 7) is 0.768. The summed E-state index contributed by atoms with van der Waals surface area (Å²) in [5, 5.41) is 10.9. The van der Waals surface area contributed by atoms with Gasteiger partial charge in [-0.2, -0.15) is 0 Å². The molecule has 0 spiro atoms. The highest BCUT2D eigenvalue weighted by Gasteiger charge is 2.51. The lowest BCUT2D eigenvalue weighted by molar-refractivity contribution is -0.142. The fourth-order valence-electron chi connectivity index (χ4n) is 2.76. The number of amides is 1. The van der Waals surface area contributed by atoms with Crippen molar-refractivity contribution in [1.29, 1.82) is 0 Å². The summed E-state index contributed by atoms with van der Waals surface area (Å²) in [5.74, 6) is -1.51. The van der Waals surface area contributed by atoms with Crippen LogP contribution in [0.3, 0.4) is 0 Å². The lowest BCUT2D eigenvalue weighted by Crippen LogP contribution is -2.32. The van der Waals surface area contributed by atoms with Gasteiger partial charge in [0.25, 0.3) is 0 Å². The van der Waals surface area contributed by atoms with Crippen molar-refractivity contribution >= 4 is 23.2 Å². The molecule has 1 saturated carbocycles. The van der Waals surface area contributed by atoms with E-state index >= 15 is 0 Å². The van der Waals surface area contributed by atoms with Crippen molar-refractivity contribution in [1.82, 2.24) is 4.90 Å². The van der Waals surface area contributed by atoms with Crippen LogP contribution in [-0.2, 0) is 9.59 Å². The smallest absolute Gasteiger partial charge is 0.307 e. The van der Waals surface area contributed by atoms with E-state index in [2.05, 4.69) is 6.07 Å². The minimum atomic E-state index is -0.833. The molecule has 18 heavy (non-hydrogen) atoms. The molecule has 2 heterocycles. The third-order valence-electron chi connectivity index (χ3n) is 3.83. The first kappa shape index (κ1) is 11.7. The first-order valence-corrected chi connectivity index (χ1v) is 7.13. The highest BCUT2D eigenvalue weighted by Crippen LogP contribution is 2.44. The van der Waals surface area contributed by atoms with Crippen molar-refractivity contribution in [2.75, 3.05) is 6.54 Å². The average Bonchev–Trinajstić information content (AvgIpc) is 2.78. The van der Waals surface area contributed by atoms with Crippen molar-refractivity contribution in [2.45, 2.75) is 25.3 Å². The van der Waals surface area contributed by atoms with E-state index in [9.17, 15) is 9.59 Å². The van der Waals surface area contributed by atoms with Crippen LogP contribution in [0, 0.1) is 11.8 Å². The second-order valence-electron chi connectivity index (χ2n) is 4.99. The molecule has 1 aliphatic heterocycles. The van der Waals surface area contributed by atoms with Crippen LogP contribution in [0.4, 0.5) is 0 Å². The molecule has 0 radical (unpaired) electrons. The van der Waals surface area contributed by atoms with E-state index < -0.39 is 11.9 Å². The Morgan fingerprint density at radius 2 is 2.22 bits per heavy atom. The standard InChI is InChI=1S/C13H15NO3S/c15-12(8-7-9(8)13(16)17)14-5-1-3-10(14)11-4-2-6-18-11/h2,4,6,8-10H,1,3,5,7H2,(H,16,17)/t8-,9-,10-/m1/s1. The van der Waals surface area contributed by atoms with Gasteiger partial charge in [-0.15, -0.1) is 11.3 Å². The monoisotopic (exact) mass is 265 g/mol. The zero-order valence-corrected chi connectivity index (χ0v) is 10.7. The van der Waals surface area contributed by atoms with Crippen LogP contribution in [0.25, 0.3) is 0 Å². The third-order valence-corrected chi connectivity index (χ3v) is 4.81. The molecule has 4 nitrogen and oxygen atoms in total. The molecule has 2 aliphatic rings. The highest BCUT2D eigenvalue weighted by molar-refractivity contribution is 7.10. The number of carboxylic acids is 1. The minimum absolute atomic E-state index is 0.0401. The molecule has 1 aromatic heterocycles. The van der Waals surface area contributed by atoms with Crippen molar-refractivity contribution in [3.63, 3.8) is 0 Å². The maximum absolute atomic E-state index is 12.3. The third kappa shape index (κ3) is 1.92. The number of hydrogen-bond acceptors (Lipinski definition) is 3. The summed E-state index contributed by atoms with van der Waals surface area (Å²) in [6.07, 6.45) is 2.53. The molecule has 0 bridgehead atoms. The Labute approximate surface area is 109 Å². The maximum Gasteiger partial charge on any atom is 0.307 e. The van der Waals surface area contributed by atoms with Gasteiger partial charge in [-0.3, -0.25) is 9.59 Å². The lowest BCUT2D eigenvalue weighted by atomic mass is 10.1.